The summed E-state index contributed by atoms with van der Waals surface area (Å²) >= 11 is 0. The minimum absolute atomic E-state index is 0.0657. The number of carbonyl (C=O) groups is 3. The number of nitrogens with zero attached hydrogens (tertiary/aromatic N) is 3. The third kappa shape index (κ3) is 3.71. The van der Waals surface area contributed by atoms with E-state index in [0.717, 1.165) is 5.56 Å². The van der Waals surface area contributed by atoms with Gasteiger partial charge in [0.1, 0.15) is 11.4 Å². The van der Waals surface area contributed by atoms with Crippen LogP contribution in [0.4, 0.5) is 9.18 Å². The summed E-state index contributed by atoms with van der Waals surface area (Å²) in [6.07, 6.45) is 1.30. The second-order valence-corrected chi connectivity index (χ2v) is 7.63. The summed E-state index contributed by atoms with van der Waals surface area (Å²) in [7, 11) is 0. The Hall–Kier alpha value is -3.30. The Morgan fingerprint density at radius 3 is 2.50 bits per heavy atom. The zero-order valence-electron chi connectivity index (χ0n) is 15.7. The van der Waals surface area contributed by atoms with Gasteiger partial charge < -0.3 is 10.6 Å². The predicted molar refractivity (Wildman–Crippen MR) is 96.7 cm³/mol. The molecule has 0 radical (unpaired) electrons. The van der Waals surface area contributed by atoms with Gasteiger partial charge in [-0.2, -0.15) is 9.90 Å². The van der Waals surface area contributed by atoms with Crippen molar-refractivity contribution in [1.82, 2.24) is 30.9 Å². The van der Waals surface area contributed by atoms with Crippen LogP contribution in [0.5, 0.6) is 0 Å². The molecule has 3 rings (SSSR count). The van der Waals surface area contributed by atoms with Crippen molar-refractivity contribution in [3.05, 3.63) is 47.5 Å². The number of benzene rings is 1. The van der Waals surface area contributed by atoms with Crippen LogP contribution in [0.2, 0.25) is 0 Å². The van der Waals surface area contributed by atoms with Crippen LogP contribution >= 0.6 is 0 Å². The fraction of sp³-hybridized carbons (Fsp3) is 0.389. The molecule has 1 aliphatic rings. The SMILES string of the molecule is CC(C)(C)C1(CNC(=O)c2cnn(Cc3ccc(F)cc3)n2)NC(=O)NC1=O. The Morgan fingerprint density at radius 2 is 1.93 bits per heavy atom. The number of imide groups is 1. The van der Waals surface area contributed by atoms with Gasteiger partial charge in [-0.3, -0.25) is 14.9 Å². The lowest BCUT2D eigenvalue weighted by atomic mass is 9.73. The van der Waals surface area contributed by atoms with Gasteiger partial charge >= 0.3 is 6.03 Å². The molecule has 2 heterocycles. The largest absolute Gasteiger partial charge is 0.348 e. The first-order valence-corrected chi connectivity index (χ1v) is 8.67. The van der Waals surface area contributed by atoms with Gasteiger partial charge in [0, 0.05) is 0 Å². The lowest BCUT2D eigenvalue weighted by molar-refractivity contribution is -0.127. The average Bonchev–Trinajstić information content (AvgIpc) is 3.19. The van der Waals surface area contributed by atoms with Crippen LogP contribution in [0.25, 0.3) is 0 Å². The van der Waals surface area contributed by atoms with Crippen LogP contribution in [-0.2, 0) is 11.3 Å². The first-order valence-electron chi connectivity index (χ1n) is 8.67. The van der Waals surface area contributed by atoms with E-state index in [1.807, 2.05) is 0 Å². The molecule has 0 saturated carbocycles. The molecule has 9 nitrogen and oxygen atoms in total. The Kier molecular flexibility index (Phi) is 4.88. The molecular weight excluding hydrogens is 367 g/mol. The molecule has 1 aliphatic heterocycles. The minimum Gasteiger partial charge on any atom is -0.348 e. The van der Waals surface area contributed by atoms with E-state index in [9.17, 15) is 18.8 Å². The number of amides is 4. The van der Waals surface area contributed by atoms with Crippen molar-refractivity contribution in [3.8, 4) is 0 Å². The van der Waals surface area contributed by atoms with Crippen LogP contribution < -0.4 is 16.0 Å². The lowest BCUT2D eigenvalue weighted by Gasteiger charge is -2.38. The number of halogens is 1. The molecule has 1 saturated heterocycles. The number of rotatable bonds is 5. The highest BCUT2D eigenvalue weighted by atomic mass is 19.1. The van der Waals surface area contributed by atoms with E-state index in [-0.39, 0.29) is 24.6 Å². The van der Waals surface area contributed by atoms with Gasteiger partial charge in [-0.15, -0.1) is 5.10 Å². The highest BCUT2D eigenvalue weighted by molar-refractivity contribution is 6.08. The monoisotopic (exact) mass is 388 g/mol. The lowest BCUT2D eigenvalue weighted by Crippen LogP contribution is -2.63. The van der Waals surface area contributed by atoms with Crippen molar-refractivity contribution in [1.29, 1.82) is 0 Å². The first-order chi connectivity index (χ1) is 13.1. The van der Waals surface area contributed by atoms with E-state index in [4.69, 9.17) is 0 Å². The summed E-state index contributed by atoms with van der Waals surface area (Å²) in [6, 6.07) is 5.28. The van der Waals surface area contributed by atoms with E-state index in [0.29, 0.717) is 0 Å². The third-order valence-corrected chi connectivity index (χ3v) is 4.74. The second-order valence-electron chi connectivity index (χ2n) is 7.63. The second kappa shape index (κ2) is 7.02. The van der Waals surface area contributed by atoms with Crippen molar-refractivity contribution >= 4 is 17.8 Å². The van der Waals surface area contributed by atoms with Crippen molar-refractivity contribution in [2.75, 3.05) is 6.54 Å². The molecule has 0 spiro atoms. The number of nitrogens with one attached hydrogen (secondary N) is 3. The summed E-state index contributed by atoms with van der Waals surface area (Å²) in [5.41, 5.74) is -1.07. The third-order valence-electron chi connectivity index (χ3n) is 4.74. The van der Waals surface area contributed by atoms with E-state index in [2.05, 4.69) is 26.1 Å². The molecule has 1 atom stereocenters. The fourth-order valence-electron chi connectivity index (χ4n) is 2.94. The Morgan fingerprint density at radius 1 is 1.25 bits per heavy atom. The van der Waals surface area contributed by atoms with Crippen molar-refractivity contribution in [2.45, 2.75) is 32.9 Å². The van der Waals surface area contributed by atoms with Crippen molar-refractivity contribution in [2.24, 2.45) is 5.41 Å². The smallest absolute Gasteiger partial charge is 0.322 e. The van der Waals surface area contributed by atoms with E-state index in [1.54, 1.807) is 32.9 Å². The van der Waals surface area contributed by atoms with Gasteiger partial charge in [0.15, 0.2) is 5.69 Å². The molecule has 1 unspecified atom stereocenters. The maximum atomic E-state index is 13.0. The first kappa shape index (κ1) is 19.5. The number of carbonyl (C=O) groups excluding carboxylic acids is 3. The van der Waals surface area contributed by atoms with Gasteiger partial charge in [0.2, 0.25) is 0 Å². The molecule has 4 amide bonds. The maximum absolute atomic E-state index is 13.0. The van der Waals surface area contributed by atoms with Crippen LogP contribution in [0.15, 0.2) is 30.5 Å². The number of hydrogen-bond donors (Lipinski definition) is 3. The average molecular weight is 388 g/mol. The summed E-state index contributed by atoms with van der Waals surface area (Å²) in [5, 5.41) is 15.6. The molecule has 1 aromatic carbocycles. The summed E-state index contributed by atoms with van der Waals surface area (Å²) in [6.45, 7) is 5.56. The predicted octanol–water partition coefficient (Wildman–Crippen LogP) is 0.820. The minimum atomic E-state index is -1.27. The van der Waals surface area contributed by atoms with Crippen LogP contribution in [0, 0.1) is 11.2 Å². The molecule has 2 aromatic rings. The summed E-state index contributed by atoms with van der Waals surface area (Å²) in [4.78, 5) is 37.7. The van der Waals surface area contributed by atoms with Crippen LogP contribution in [0.3, 0.4) is 0 Å². The summed E-state index contributed by atoms with van der Waals surface area (Å²) < 4.78 is 13.0. The standard InChI is InChI=1S/C18H21FN6O3/c1-17(2,3)18(15(27)22-16(28)23-18)10-20-14(26)13-8-21-25(24-13)9-11-4-6-12(19)7-5-11/h4-8H,9-10H2,1-3H3,(H,20,26)(H2,22,23,27,28). The van der Waals surface area contributed by atoms with E-state index < -0.39 is 28.8 Å². The van der Waals surface area contributed by atoms with Crippen molar-refractivity contribution < 1.29 is 18.8 Å². The molecule has 0 bridgehead atoms. The number of urea groups is 1. The number of hydrogen-bond acceptors (Lipinski definition) is 5. The quantitative estimate of drug-likeness (QED) is 0.656. The van der Waals surface area contributed by atoms with Crippen molar-refractivity contribution in [3.63, 3.8) is 0 Å². The van der Waals surface area contributed by atoms with E-state index in [1.165, 1.54) is 23.1 Å². The van der Waals surface area contributed by atoms with Crippen LogP contribution in [0.1, 0.15) is 36.8 Å². The highest BCUT2D eigenvalue weighted by Crippen LogP contribution is 2.32. The fourth-order valence-corrected chi connectivity index (χ4v) is 2.94. The summed E-state index contributed by atoms with van der Waals surface area (Å²) in [5.74, 6) is -1.36. The molecule has 10 heteroatoms. The molecular formula is C18H21FN6O3. The topological polar surface area (TPSA) is 118 Å². The van der Waals surface area contributed by atoms with Gasteiger partial charge in [-0.25, -0.2) is 9.18 Å². The molecule has 3 N–H and O–H groups in total. The van der Waals surface area contributed by atoms with Gasteiger partial charge in [-0.1, -0.05) is 32.9 Å². The normalized spacial score (nSPS) is 19.3. The van der Waals surface area contributed by atoms with E-state index >= 15 is 0 Å². The number of aromatic nitrogens is 3. The van der Waals surface area contributed by atoms with Gasteiger partial charge in [0.25, 0.3) is 11.8 Å². The maximum Gasteiger partial charge on any atom is 0.322 e. The highest BCUT2D eigenvalue weighted by Gasteiger charge is 2.54. The zero-order valence-corrected chi connectivity index (χ0v) is 15.7. The molecule has 28 heavy (non-hydrogen) atoms. The van der Waals surface area contributed by atoms with Gasteiger partial charge in [-0.05, 0) is 23.1 Å². The Balaban J connectivity index is 1.68. The zero-order chi connectivity index (χ0) is 20.5. The molecule has 148 valence electrons. The van der Waals surface area contributed by atoms with Gasteiger partial charge in [0.05, 0.1) is 19.3 Å². The molecule has 0 aliphatic carbocycles. The van der Waals surface area contributed by atoms with Crippen LogP contribution in [-0.4, -0.2) is 44.9 Å². The molecule has 1 fully saturated rings. The molecule has 1 aromatic heterocycles. The Bertz CT molecular complexity index is 918. The Labute approximate surface area is 160 Å².